The first-order chi connectivity index (χ1) is 10.7. The van der Waals surface area contributed by atoms with Crippen LogP contribution in [0.3, 0.4) is 0 Å². The van der Waals surface area contributed by atoms with Crippen LogP contribution in [-0.4, -0.2) is 40.4 Å². The first-order valence-corrected chi connectivity index (χ1v) is 8.19. The number of rotatable bonds is 3. The van der Waals surface area contributed by atoms with E-state index in [0.717, 1.165) is 49.0 Å². The molecule has 6 heteroatoms. The molecule has 0 aromatic carbocycles. The number of nitriles is 1. The Bertz CT molecular complexity index is 695. The van der Waals surface area contributed by atoms with Gasteiger partial charge in [0.05, 0.1) is 5.69 Å². The minimum atomic E-state index is 0.737. The smallest absolute Gasteiger partial charge is 0.130 e. The highest BCUT2D eigenvalue weighted by molar-refractivity contribution is 7.10. The summed E-state index contributed by atoms with van der Waals surface area (Å²) in [5, 5.41) is 10.3. The molecular formula is C16H19N5S. The van der Waals surface area contributed by atoms with Crippen molar-refractivity contribution < 1.29 is 0 Å². The first-order valence-electron chi connectivity index (χ1n) is 7.41. The van der Waals surface area contributed by atoms with Crippen LogP contribution in [0.4, 0.5) is 5.00 Å². The topological polar surface area (TPSA) is 56.1 Å². The second-order valence-corrected chi connectivity index (χ2v) is 6.45. The van der Waals surface area contributed by atoms with Crippen LogP contribution in [-0.2, 0) is 6.54 Å². The fourth-order valence-corrected chi connectivity index (χ4v) is 3.67. The van der Waals surface area contributed by atoms with E-state index < -0.39 is 0 Å². The second kappa shape index (κ2) is 6.42. The molecule has 114 valence electrons. The van der Waals surface area contributed by atoms with Gasteiger partial charge in [0.25, 0.3) is 0 Å². The Kier molecular flexibility index (Phi) is 4.36. The van der Waals surface area contributed by atoms with E-state index in [9.17, 15) is 5.26 Å². The molecule has 0 bridgehead atoms. The van der Waals surface area contributed by atoms with E-state index in [1.165, 1.54) is 22.7 Å². The van der Waals surface area contributed by atoms with E-state index in [2.05, 4.69) is 38.2 Å². The lowest BCUT2D eigenvalue weighted by atomic mass is 10.2. The number of anilines is 1. The van der Waals surface area contributed by atoms with Crippen LogP contribution in [0.5, 0.6) is 0 Å². The monoisotopic (exact) mass is 313 g/mol. The Morgan fingerprint density at radius 2 is 2.00 bits per heavy atom. The van der Waals surface area contributed by atoms with Crippen molar-refractivity contribution in [2.24, 2.45) is 0 Å². The average Bonchev–Trinajstić information content (AvgIpc) is 2.89. The molecule has 0 radical (unpaired) electrons. The Balaban J connectivity index is 1.62. The number of nitrogens with zero attached hydrogens (tertiary/aromatic N) is 5. The fraction of sp³-hybridized carbons (Fsp3) is 0.438. The highest BCUT2D eigenvalue weighted by atomic mass is 32.1. The molecule has 2 aromatic rings. The third-order valence-electron chi connectivity index (χ3n) is 3.95. The molecule has 5 nitrogen and oxygen atoms in total. The molecule has 3 heterocycles. The standard InChI is InChI=1S/C16H19N5S/c1-12-7-14(10-18-9-12)11-20-3-5-21(6-4-20)16-15(8-17)13(2)19-22-16/h7,9-10H,3-6,11H2,1-2H3. The second-order valence-electron chi connectivity index (χ2n) is 5.69. The van der Waals surface area contributed by atoms with Crippen LogP contribution < -0.4 is 4.90 Å². The van der Waals surface area contributed by atoms with Gasteiger partial charge in [-0.1, -0.05) is 6.07 Å². The number of hydrogen-bond acceptors (Lipinski definition) is 6. The van der Waals surface area contributed by atoms with Crippen LogP contribution >= 0.6 is 11.5 Å². The number of piperazine rings is 1. The van der Waals surface area contributed by atoms with Crippen molar-refractivity contribution in [2.45, 2.75) is 20.4 Å². The normalized spacial score (nSPS) is 15.8. The van der Waals surface area contributed by atoms with Crippen LogP contribution in [0.25, 0.3) is 0 Å². The Hall–Kier alpha value is -1.97. The molecule has 1 fully saturated rings. The average molecular weight is 313 g/mol. The van der Waals surface area contributed by atoms with Gasteiger partial charge in [0, 0.05) is 45.1 Å². The third-order valence-corrected chi connectivity index (χ3v) is 4.95. The third kappa shape index (κ3) is 3.11. The Morgan fingerprint density at radius 1 is 1.23 bits per heavy atom. The predicted octanol–water partition coefficient (Wildman–Crippen LogP) is 2.35. The van der Waals surface area contributed by atoms with E-state index in [1.54, 1.807) is 0 Å². The molecule has 2 aromatic heterocycles. The lowest BCUT2D eigenvalue weighted by Crippen LogP contribution is -2.45. The van der Waals surface area contributed by atoms with E-state index >= 15 is 0 Å². The largest absolute Gasteiger partial charge is 0.359 e. The van der Waals surface area contributed by atoms with Gasteiger partial charge >= 0.3 is 0 Å². The van der Waals surface area contributed by atoms with Crippen molar-refractivity contribution in [3.05, 3.63) is 40.8 Å². The van der Waals surface area contributed by atoms with Gasteiger partial charge in [0.15, 0.2) is 0 Å². The summed E-state index contributed by atoms with van der Waals surface area (Å²) in [6.07, 6.45) is 3.83. The minimum Gasteiger partial charge on any atom is -0.359 e. The molecule has 0 atom stereocenters. The van der Waals surface area contributed by atoms with E-state index in [-0.39, 0.29) is 0 Å². The van der Waals surface area contributed by atoms with Gasteiger partial charge in [0.2, 0.25) is 0 Å². The van der Waals surface area contributed by atoms with E-state index in [1.807, 2.05) is 19.3 Å². The molecule has 0 N–H and O–H groups in total. The SMILES string of the molecule is Cc1cncc(CN2CCN(c3snc(C)c3C#N)CC2)c1. The zero-order valence-electron chi connectivity index (χ0n) is 12.9. The van der Waals surface area contributed by atoms with Crippen LogP contribution in [0.1, 0.15) is 22.4 Å². The van der Waals surface area contributed by atoms with Crippen molar-refractivity contribution in [1.82, 2.24) is 14.3 Å². The summed E-state index contributed by atoms with van der Waals surface area (Å²) in [7, 11) is 0. The van der Waals surface area contributed by atoms with Crippen LogP contribution in [0, 0.1) is 25.2 Å². The summed E-state index contributed by atoms with van der Waals surface area (Å²) in [5.74, 6) is 0. The summed E-state index contributed by atoms with van der Waals surface area (Å²) < 4.78 is 4.31. The molecule has 1 saturated heterocycles. The quantitative estimate of drug-likeness (QED) is 0.870. The van der Waals surface area contributed by atoms with Crippen molar-refractivity contribution in [3.8, 4) is 6.07 Å². The predicted molar refractivity (Wildman–Crippen MR) is 88.0 cm³/mol. The summed E-state index contributed by atoms with van der Waals surface area (Å²) >= 11 is 1.44. The van der Waals surface area contributed by atoms with Crippen molar-refractivity contribution in [1.29, 1.82) is 5.26 Å². The Morgan fingerprint density at radius 3 is 2.68 bits per heavy atom. The highest BCUT2D eigenvalue weighted by Gasteiger charge is 2.22. The molecule has 0 unspecified atom stereocenters. The number of hydrogen-bond donors (Lipinski definition) is 0. The lowest BCUT2D eigenvalue weighted by molar-refractivity contribution is 0.250. The zero-order valence-corrected chi connectivity index (χ0v) is 13.7. The Labute approximate surface area is 135 Å². The van der Waals surface area contributed by atoms with Gasteiger partial charge in [-0.05, 0) is 36.5 Å². The maximum Gasteiger partial charge on any atom is 0.130 e. The van der Waals surface area contributed by atoms with Crippen molar-refractivity contribution in [3.63, 3.8) is 0 Å². The van der Waals surface area contributed by atoms with Gasteiger partial charge in [-0.3, -0.25) is 9.88 Å². The van der Waals surface area contributed by atoms with Gasteiger partial charge in [-0.2, -0.15) is 9.64 Å². The van der Waals surface area contributed by atoms with Crippen molar-refractivity contribution >= 4 is 16.5 Å². The van der Waals surface area contributed by atoms with E-state index in [4.69, 9.17) is 0 Å². The molecule has 1 aliphatic rings. The lowest BCUT2D eigenvalue weighted by Gasteiger charge is -2.35. The van der Waals surface area contributed by atoms with Gasteiger partial charge in [-0.25, -0.2) is 0 Å². The summed E-state index contributed by atoms with van der Waals surface area (Å²) in [6, 6.07) is 4.48. The van der Waals surface area contributed by atoms with Crippen molar-refractivity contribution in [2.75, 3.05) is 31.1 Å². The molecule has 0 saturated carbocycles. The molecule has 0 aliphatic carbocycles. The molecular weight excluding hydrogens is 294 g/mol. The molecule has 0 amide bonds. The van der Waals surface area contributed by atoms with Crippen LogP contribution in [0.2, 0.25) is 0 Å². The van der Waals surface area contributed by atoms with Gasteiger partial charge < -0.3 is 4.90 Å². The van der Waals surface area contributed by atoms with Gasteiger partial charge in [0.1, 0.15) is 16.6 Å². The van der Waals surface area contributed by atoms with Gasteiger partial charge in [-0.15, -0.1) is 0 Å². The number of aryl methyl sites for hydroxylation is 2. The highest BCUT2D eigenvalue weighted by Crippen LogP contribution is 2.28. The minimum absolute atomic E-state index is 0.737. The maximum atomic E-state index is 9.26. The van der Waals surface area contributed by atoms with E-state index in [0.29, 0.717) is 0 Å². The fourth-order valence-electron chi connectivity index (χ4n) is 2.77. The summed E-state index contributed by atoms with van der Waals surface area (Å²) in [4.78, 5) is 8.98. The van der Waals surface area contributed by atoms with Crippen LogP contribution in [0.15, 0.2) is 18.5 Å². The number of pyridine rings is 1. The maximum absolute atomic E-state index is 9.26. The molecule has 0 spiro atoms. The molecule has 22 heavy (non-hydrogen) atoms. The zero-order chi connectivity index (χ0) is 15.5. The first kappa shape index (κ1) is 14.9. The summed E-state index contributed by atoms with van der Waals surface area (Å²) in [5.41, 5.74) is 4.05. The molecule has 1 aliphatic heterocycles. The molecule has 3 rings (SSSR count). The number of aromatic nitrogens is 2. The summed E-state index contributed by atoms with van der Waals surface area (Å²) in [6.45, 7) is 8.79.